The van der Waals surface area contributed by atoms with Crippen LogP contribution in [0.4, 0.5) is 5.69 Å². The van der Waals surface area contributed by atoms with Crippen LogP contribution in [0.3, 0.4) is 0 Å². The lowest BCUT2D eigenvalue weighted by Gasteiger charge is -2.16. The molecule has 1 amide bonds. The molecule has 1 unspecified atom stereocenters. The maximum absolute atomic E-state index is 11.5. The fraction of sp³-hybridized carbons (Fsp3) is 0.300. The summed E-state index contributed by atoms with van der Waals surface area (Å²) in [7, 11) is -3.36. The third-order valence-corrected chi connectivity index (χ3v) is 3.82. The van der Waals surface area contributed by atoms with Crippen LogP contribution in [0.15, 0.2) is 24.3 Å². The van der Waals surface area contributed by atoms with Gasteiger partial charge in [0.25, 0.3) is 0 Å². The minimum Gasteiger partial charge on any atom is -0.369 e. The standard InChI is InChI=1S/C10H12N2O3S/c1-16(14,15)12-6-8(10(11)13)7-4-2-3-5-9(7)12/h2-5,8H,6H2,1H3,(H2,11,13). The Labute approximate surface area is 93.9 Å². The molecule has 6 heteroatoms. The van der Waals surface area contributed by atoms with Crippen LogP contribution in [0.1, 0.15) is 11.5 Å². The average molecular weight is 240 g/mol. The molecule has 1 aliphatic rings. The van der Waals surface area contributed by atoms with E-state index in [2.05, 4.69) is 0 Å². The third-order valence-electron chi connectivity index (χ3n) is 2.67. The molecule has 5 nitrogen and oxygen atoms in total. The van der Waals surface area contributed by atoms with Crippen LogP contribution in [0.25, 0.3) is 0 Å². The van der Waals surface area contributed by atoms with Crippen LogP contribution in [0, 0.1) is 0 Å². The molecule has 0 spiro atoms. The maximum atomic E-state index is 11.5. The topological polar surface area (TPSA) is 80.5 Å². The quantitative estimate of drug-likeness (QED) is 0.792. The molecule has 0 bridgehead atoms. The zero-order valence-corrected chi connectivity index (χ0v) is 9.57. The number of carbonyl (C=O) groups is 1. The fourth-order valence-corrected chi connectivity index (χ4v) is 2.87. The molecule has 2 rings (SSSR count). The van der Waals surface area contributed by atoms with Crippen LogP contribution in [-0.4, -0.2) is 27.1 Å². The number of nitrogens with zero attached hydrogens (tertiary/aromatic N) is 1. The molecule has 16 heavy (non-hydrogen) atoms. The highest BCUT2D eigenvalue weighted by molar-refractivity contribution is 7.92. The first-order chi connectivity index (χ1) is 7.41. The van der Waals surface area contributed by atoms with Crippen molar-refractivity contribution < 1.29 is 13.2 Å². The Morgan fingerprint density at radius 3 is 2.62 bits per heavy atom. The molecule has 0 radical (unpaired) electrons. The number of primary amides is 1. The van der Waals surface area contributed by atoms with Gasteiger partial charge in [0.1, 0.15) is 0 Å². The molecule has 2 N–H and O–H groups in total. The number of hydrogen-bond acceptors (Lipinski definition) is 3. The summed E-state index contributed by atoms with van der Waals surface area (Å²) in [5.74, 6) is -1.05. The molecule has 0 saturated heterocycles. The number of para-hydroxylation sites is 1. The smallest absolute Gasteiger partial charge is 0.232 e. The Bertz CT molecular complexity index is 539. The van der Waals surface area contributed by atoms with E-state index in [9.17, 15) is 13.2 Å². The summed E-state index contributed by atoms with van der Waals surface area (Å²) in [5, 5.41) is 0. The van der Waals surface area contributed by atoms with Gasteiger partial charge in [-0.1, -0.05) is 18.2 Å². The van der Waals surface area contributed by atoms with Gasteiger partial charge in [0.15, 0.2) is 0 Å². The minimum absolute atomic E-state index is 0.105. The van der Waals surface area contributed by atoms with Crippen molar-refractivity contribution in [3.05, 3.63) is 29.8 Å². The van der Waals surface area contributed by atoms with Gasteiger partial charge in [-0.15, -0.1) is 0 Å². The van der Waals surface area contributed by atoms with Gasteiger partial charge in [0.05, 0.1) is 17.9 Å². The van der Waals surface area contributed by atoms with Gasteiger partial charge in [-0.2, -0.15) is 0 Å². The second-order valence-corrected chi connectivity index (χ2v) is 5.71. The number of hydrogen-bond donors (Lipinski definition) is 1. The van der Waals surface area contributed by atoms with Gasteiger partial charge >= 0.3 is 0 Å². The van der Waals surface area contributed by atoms with Crippen LogP contribution in [0.5, 0.6) is 0 Å². The van der Waals surface area contributed by atoms with Crippen molar-refractivity contribution in [2.45, 2.75) is 5.92 Å². The molecule has 1 aliphatic heterocycles. The van der Waals surface area contributed by atoms with Crippen molar-refractivity contribution in [3.8, 4) is 0 Å². The number of amides is 1. The Kier molecular flexibility index (Phi) is 2.38. The zero-order valence-electron chi connectivity index (χ0n) is 8.75. The van der Waals surface area contributed by atoms with Crippen molar-refractivity contribution >= 4 is 21.6 Å². The van der Waals surface area contributed by atoms with E-state index >= 15 is 0 Å². The Morgan fingerprint density at radius 1 is 1.44 bits per heavy atom. The highest BCUT2D eigenvalue weighted by Gasteiger charge is 2.36. The largest absolute Gasteiger partial charge is 0.369 e. The average Bonchev–Trinajstić information content (AvgIpc) is 2.56. The summed E-state index contributed by atoms with van der Waals surface area (Å²) in [4.78, 5) is 11.2. The first-order valence-corrected chi connectivity index (χ1v) is 6.62. The third kappa shape index (κ3) is 1.65. The van der Waals surface area contributed by atoms with Crippen molar-refractivity contribution in [2.24, 2.45) is 5.73 Å². The van der Waals surface area contributed by atoms with Gasteiger partial charge in [0.2, 0.25) is 15.9 Å². The maximum Gasteiger partial charge on any atom is 0.232 e. The van der Waals surface area contributed by atoms with E-state index in [1.165, 1.54) is 4.31 Å². The lowest BCUT2D eigenvalue weighted by atomic mass is 10.0. The molecule has 0 saturated carbocycles. The van der Waals surface area contributed by atoms with Gasteiger partial charge in [-0.25, -0.2) is 8.42 Å². The first-order valence-electron chi connectivity index (χ1n) is 4.77. The Balaban J connectivity index is 2.56. The molecule has 0 aromatic heterocycles. The lowest BCUT2D eigenvalue weighted by Crippen LogP contribution is -2.32. The summed E-state index contributed by atoms with van der Waals surface area (Å²) in [5.41, 5.74) is 6.49. The normalized spacial score (nSPS) is 19.6. The highest BCUT2D eigenvalue weighted by Crippen LogP contribution is 2.37. The molecule has 86 valence electrons. The number of anilines is 1. The van der Waals surface area contributed by atoms with Crippen molar-refractivity contribution in [2.75, 3.05) is 17.1 Å². The van der Waals surface area contributed by atoms with Crippen LogP contribution in [0.2, 0.25) is 0 Å². The van der Waals surface area contributed by atoms with E-state index in [1.807, 2.05) is 0 Å². The second kappa shape index (κ2) is 3.48. The van der Waals surface area contributed by atoms with E-state index < -0.39 is 21.8 Å². The summed E-state index contributed by atoms with van der Waals surface area (Å²) >= 11 is 0. The number of rotatable bonds is 2. The van der Waals surface area contributed by atoms with E-state index in [1.54, 1.807) is 24.3 Å². The summed E-state index contributed by atoms with van der Waals surface area (Å²) in [6, 6.07) is 6.91. The van der Waals surface area contributed by atoms with E-state index in [-0.39, 0.29) is 6.54 Å². The molecule has 1 aromatic carbocycles. The van der Waals surface area contributed by atoms with Crippen LogP contribution < -0.4 is 10.0 Å². The molecule has 1 heterocycles. The number of benzene rings is 1. The summed E-state index contributed by atoms with van der Waals surface area (Å²) < 4.78 is 24.3. The van der Waals surface area contributed by atoms with Gasteiger partial charge in [-0.05, 0) is 11.6 Å². The van der Waals surface area contributed by atoms with Gasteiger partial charge in [-0.3, -0.25) is 9.10 Å². The summed E-state index contributed by atoms with van der Waals surface area (Å²) in [6.07, 6.45) is 1.12. The predicted octanol–water partition coefficient (Wildman–Crippen LogP) is 0.0351. The van der Waals surface area contributed by atoms with Gasteiger partial charge < -0.3 is 5.73 Å². The van der Waals surface area contributed by atoms with Crippen LogP contribution in [-0.2, 0) is 14.8 Å². The van der Waals surface area contributed by atoms with E-state index in [0.29, 0.717) is 11.3 Å². The van der Waals surface area contributed by atoms with E-state index in [4.69, 9.17) is 5.73 Å². The lowest BCUT2D eigenvalue weighted by molar-refractivity contribution is -0.119. The molecular weight excluding hydrogens is 228 g/mol. The van der Waals surface area contributed by atoms with Crippen molar-refractivity contribution in [3.63, 3.8) is 0 Å². The number of carbonyl (C=O) groups excluding carboxylic acids is 1. The van der Waals surface area contributed by atoms with Gasteiger partial charge in [0, 0.05) is 6.54 Å². The Morgan fingerprint density at radius 2 is 2.06 bits per heavy atom. The van der Waals surface area contributed by atoms with Crippen molar-refractivity contribution in [1.82, 2.24) is 0 Å². The zero-order chi connectivity index (χ0) is 11.9. The van der Waals surface area contributed by atoms with E-state index in [0.717, 1.165) is 6.26 Å². The first kappa shape index (κ1) is 10.9. The number of sulfonamides is 1. The predicted molar refractivity (Wildman–Crippen MR) is 60.6 cm³/mol. The molecule has 0 aliphatic carbocycles. The Hall–Kier alpha value is -1.56. The fourth-order valence-electron chi connectivity index (χ4n) is 1.93. The molecule has 1 aromatic rings. The number of nitrogens with two attached hydrogens (primary N) is 1. The number of fused-ring (bicyclic) bond motifs is 1. The minimum atomic E-state index is -3.36. The highest BCUT2D eigenvalue weighted by atomic mass is 32.2. The monoisotopic (exact) mass is 240 g/mol. The van der Waals surface area contributed by atoms with Crippen LogP contribution >= 0.6 is 0 Å². The van der Waals surface area contributed by atoms with Crippen molar-refractivity contribution in [1.29, 1.82) is 0 Å². The SMILES string of the molecule is CS(=O)(=O)N1CC(C(N)=O)c2ccccc21. The molecule has 1 atom stereocenters. The summed E-state index contributed by atoms with van der Waals surface area (Å²) in [6.45, 7) is 0.105. The molecule has 0 fully saturated rings. The molecular formula is C10H12N2O3S. The second-order valence-electron chi connectivity index (χ2n) is 3.81.